The maximum atomic E-state index is 12.1. The lowest BCUT2D eigenvalue weighted by Crippen LogP contribution is -2.47. The average molecular weight is 381 g/mol. The van der Waals surface area contributed by atoms with E-state index in [-0.39, 0.29) is 5.49 Å². The van der Waals surface area contributed by atoms with Crippen LogP contribution in [-0.2, 0) is 4.74 Å². The number of hydrogen-bond acceptors (Lipinski definition) is 8. The van der Waals surface area contributed by atoms with E-state index in [1.165, 1.54) is 24.7 Å². The van der Waals surface area contributed by atoms with Gasteiger partial charge in [0, 0.05) is 18.5 Å². The van der Waals surface area contributed by atoms with Crippen molar-refractivity contribution < 1.29 is 25.3 Å². The van der Waals surface area contributed by atoms with E-state index in [2.05, 4.69) is 15.1 Å². The Morgan fingerprint density at radius 1 is 1.38 bits per heavy atom. The summed E-state index contributed by atoms with van der Waals surface area (Å²) in [6.45, 7) is 0. The summed E-state index contributed by atoms with van der Waals surface area (Å²) in [4.78, 5) is 19.3. The van der Waals surface area contributed by atoms with Gasteiger partial charge in [-0.1, -0.05) is 5.16 Å². The molecule has 2 aromatic rings. The minimum absolute atomic E-state index is 0.0932. The van der Waals surface area contributed by atoms with Crippen LogP contribution in [0.4, 0.5) is 5.69 Å². The predicted molar refractivity (Wildman–Crippen MR) is 90.3 cm³/mol. The fraction of sp³-hybridized carbons (Fsp3) is 0.286. The minimum Gasteiger partial charge on any atom is -0.486 e. The maximum absolute atomic E-state index is 12.1. The quantitative estimate of drug-likeness (QED) is 0.250. The molecule has 0 bridgehead atoms. The highest BCUT2D eigenvalue weighted by Gasteiger charge is 2.48. The number of nitrogens with one attached hydrogen (secondary N) is 1. The van der Waals surface area contributed by atoms with Crippen molar-refractivity contribution in [3.05, 3.63) is 52.8 Å². The fourth-order valence-corrected chi connectivity index (χ4v) is 2.85. The van der Waals surface area contributed by atoms with Gasteiger partial charge in [0.2, 0.25) is 0 Å². The Kier molecular flexibility index (Phi) is 4.99. The van der Waals surface area contributed by atoms with Crippen LogP contribution in [0.5, 0.6) is 0 Å². The molecule has 0 spiro atoms. The van der Waals surface area contributed by atoms with Crippen molar-refractivity contribution in [3.8, 4) is 0 Å². The van der Waals surface area contributed by atoms with Crippen LogP contribution >= 0.6 is 12.2 Å². The smallest absolute Gasteiger partial charge is 0.329 e. The third-order valence-corrected chi connectivity index (χ3v) is 4.04. The van der Waals surface area contributed by atoms with Crippen LogP contribution in [0.2, 0.25) is 0 Å². The molecule has 1 aliphatic rings. The van der Waals surface area contributed by atoms with E-state index < -0.39 is 35.5 Å². The second kappa shape index (κ2) is 7.21. The van der Waals surface area contributed by atoms with Crippen molar-refractivity contribution in [2.75, 3.05) is 4.90 Å². The first kappa shape index (κ1) is 18.0. The van der Waals surface area contributed by atoms with Gasteiger partial charge in [-0.15, -0.1) is 0 Å². The number of thiocarbonyl (C=S) groups is 1. The molecule has 0 radical (unpaired) electrons. The maximum Gasteiger partial charge on any atom is 0.329 e. The van der Waals surface area contributed by atoms with Crippen molar-refractivity contribution in [2.45, 2.75) is 24.7 Å². The summed E-state index contributed by atoms with van der Waals surface area (Å²) >= 11 is 4.81. The predicted octanol–water partition coefficient (Wildman–Crippen LogP) is -1.21. The van der Waals surface area contributed by atoms with E-state index in [0.717, 1.165) is 9.47 Å². The number of pyridine rings is 1. The molecule has 0 aromatic carbocycles. The van der Waals surface area contributed by atoms with Crippen LogP contribution in [0.1, 0.15) is 6.23 Å². The molecule has 4 atom stereocenters. The number of aliphatic hydroxyl groups excluding tert-OH is 3. The van der Waals surface area contributed by atoms with Crippen molar-refractivity contribution in [1.29, 1.82) is 0 Å². The van der Waals surface area contributed by atoms with Gasteiger partial charge in [-0.2, -0.15) is 0 Å². The number of rotatable bonds is 3. The largest absolute Gasteiger partial charge is 0.486 e. The first-order valence-corrected chi connectivity index (χ1v) is 7.78. The van der Waals surface area contributed by atoms with Crippen LogP contribution in [0, 0.1) is 0 Å². The molecule has 11 nitrogen and oxygen atoms in total. The number of aromatic nitrogens is 3. The van der Waals surface area contributed by atoms with E-state index >= 15 is 0 Å². The highest BCUT2D eigenvalue weighted by atomic mass is 32.1. The topological polar surface area (TPSA) is 156 Å². The van der Waals surface area contributed by atoms with Gasteiger partial charge in [-0.05, 0) is 24.4 Å². The first-order chi connectivity index (χ1) is 12.4. The molecular formula is C14H15N5O6S. The Bertz CT molecular complexity index is 916. The highest BCUT2D eigenvalue weighted by molar-refractivity contribution is 7.80. The number of H-pyrrole nitrogens is 1. The second-order valence-electron chi connectivity index (χ2n) is 5.40. The van der Waals surface area contributed by atoms with Crippen molar-refractivity contribution in [3.63, 3.8) is 0 Å². The summed E-state index contributed by atoms with van der Waals surface area (Å²) < 4.78 is 6.58. The summed E-state index contributed by atoms with van der Waals surface area (Å²) in [7, 11) is 0. The van der Waals surface area contributed by atoms with E-state index in [1.807, 2.05) is 0 Å². The molecular weight excluding hydrogens is 366 g/mol. The van der Waals surface area contributed by atoms with Gasteiger partial charge in [0.05, 0.1) is 11.9 Å². The van der Waals surface area contributed by atoms with Crippen molar-refractivity contribution in [2.24, 2.45) is 5.16 Å². The molecule has 5 N–H and O–H groups in total. The second-order valence-corrected chi connectivity index (χ2v) is 5.77. The van der Waals surface area contributed by atoms with Crippen LogP contribution in [0.3, 0.4) is 0 Å². The zero-order valence-electron chi connectivity index (χ0n) is 13.1. The Balaban J connectivity index is 1.97. The van der Waals surface area contributed by atoms with Gasteiger partial charge in [-0.25, -0.2) is 4.79 Å². The molecule has 1 fully saturated rings. The molecule has 1 saturated heterocycles. The third kappa shape index (κ3) is 3.17. The lowest BCUT2D eigenvalue weighted by molar-refractivity contribution is -0.0377. The molecule has 0 saturated carbocycles. The zero-order valence-corrected chi connectivity index (χ0v) is 13.9. The van der Waals surface area contributed by atoms with E-state index in [4.69, 9.17) is 22.2 Å². The highest BCUT2D eigenvalue weighted by Crippen LogP contribution is 2.32. The number of anilines is 1. The zero-order chi connectivity index (χ0) is 18.8. The molecule has 26 heavy (non-hydrogen) atoms. The third-order valence-electron chi connectivity index (χ3n) is 3.84. The van der Waals surface area contributed by atoms with Gasteiger partial charge in [0.15, 0.2) is 17.9 Å². The Hall–Kier alpha value is -2.80. The van der Waals surface area contributed by atoms with Crippen LogP contribution in [0.25, 0.3) is 0 Å². The standard InChI is InChI=1S/C14H15N5O6S/c20-9-10(21)12(19(14(23)26)7-2-1-4-15-6-7)25-11(9)18-5-3-8(17-24)16-13(18)22/h1-6,9-12,20-21,24H,(H,23,26)(H,16,17,22)/t9-,10+,11-,12-/m1/s1. The van der Waals surface area contributed by atoms with Gasteiger partial charge < -0.3 is 25.3 Å². The summed E-state index contributed by atoms with van der Waals surface area (Å²) in [5, 5.41) is 41.5. The number of hydrogen-bond donors (Lipinski definition) is 5. The van der Waals surface area contributed by atoms with Gasteiger partial charge in [-0.3, -0.25) is 19.4 Å². The van der Waals surface area contributed by atoms with Gasteiger partial charge in [0.25, 0.3) is 5.17 Å². The minimum atomic E-state index is -1.50. The Morgan fingerprint density at radius 2 is 2.15 bits per heavy atom. The normalized spacial score (nSPS) is 26.0. The molecule has 0 amide bonds. The number of aliphatic hydroxyl groups is 3. The molecule has 3 rings (SSSR count). The summed E-state index contributed by atoms with van der Waals surface area (Å²) in [6.07, 6.45) is -1.44. The molecule has 138 valence electrons. The lowest BCUT2D eigenvalue weighted by atomic mass is 10.2. The molecule has 3 heterocycles. The summed E-state index contributed by atoms with van der Waals surface area (Å²) in [5.74, 6) is 0. The van der Waals surface area contributed by atoms with Crippen LogP contribution < -0.4 is 16.1 Å². The monoisotopic (exact) mass is 381 g/mol. The molecule has 0 unspecified atom stereocenters. The SMILES string of the molecule is O=c1[nH]/c(=N\O)ccn1[C@@H]1O[C@@H](N(C(O)=S)c2cccnc2)[C@@H](O)[C@H]1O. The first-order valence-electron chi connectivity index (χ1n) is 7.37. The number of nitrogens with zero attached hydrogens (tertiary/aromatic N) is 4. The summed E-state index contributed by atoms with van der Waals surface area (Å²) in [5.41, 5.74) is -0.508. The van der Waals surface area contributed by atoms with E-state index in [0.29, 0.717) is 5.69 Å². The van der Waals surface area contributed by atoms with Gasteiger partial charge >= 0.3 is 5.69 Å². The number of ether oxygens (including phenoxy) is 1. The van der Waals surface area contributed by atoms with Crippen LogP contribution in [-0.4, -0.2) is 58.7 Å². The van der Waals surface area contributed by atoms with Crippen molar-refractivity contribution >= 4 is 23.1 Å². The molecule has 12 heteroatoms. The lowest BCUT2D eigenvalue weighted by Gasteiger charge is -2.29. The van der Waals surface area contributed by atoms with E-state index in [9.17, 15) is 20.1 Å². The average Bonchev–Trinajstić information content (AvgIpc) is 2.91. The fourth-order valence-electron chi connectivity index (χ4n) is 2.64. The summed E-state index contributed by atoms with van der Waals surface area (Å²) in [6, 6.07) is 4.43. The molecule has 2 aromatic heterocycles. The van der Waals surface area contributed by atoms with Gasteiger partial charge in [0.1, 0.15) is 12.2 Å². The molecule has 1 aliphatic heterocycles. The number of aromatic amines is 1. The van der Waals surface area contributed by atoms with Crippen LogP contribution in [0.15, 0.2) is 46.7 Å². The molecule has 0 aliphatic carbocycles. The Labute approximate surface area is 151 Å². The van der Waals surface area contributed by atoms with Crippen molar-refractivity contribution in [1.82, 2.24) is 14.5 Å². The van der Waals surface area contributed by atoms with E-state index in [1.54, 1.807) is 12.1 Å². The Morgan fingerprint density at radius 3 is 2.73 bits per heavy atom.